The van der Waals surface area contributed by atoms with Gasteiger partial charge in [0.2, 0.25) is 5.91 Å². The molecule has 4 aromatic rings. The maximum Gasteiger partial charge on any atom is 0.272 e. The van der Waals surface area contributed by atoms with Crippen molar-refractivity contribution in [1.82, 2.24) is 5.32 Å². The van der Waals surface area contributed by atoms with E-state index >= 15 is 0 Å². The molecule has 3 N–H and O–H groups in total. The predicted octanol–water partition coefficient (Wildman–Crippen LogP) is 8.83. The molecule has 0 spiro atoms. The van der Waals surface area contributed by atoms with Crippen LogP contribution in [0, 0.1) is 0 Å². The van der Waals surface area contributed by atoms with Gasteiger partial charge in [-0.15, -0.1) is 11.8 Å². The first-order chi connectivity index (χ1) is 20.1. The number of halogens is 4. The number of nitrogens with one attached hydrogen (secondary N) is 3. The van der Waals surface area contributed by atoms with E-state index in [-0.39, 0.29) is 11.6 Å². The number of carbonyl (C=O) groups excluding carboxylic acids is 3. The van der Waals surface area contributed by atoms with Crippen LogP contribution in [0.4, 0.5) is 11.4 Å². The van der Waals surface area contributed by atoms with E-state index in [9.17, 15) is 14.4 Å². The van der Waals surface area contributed by atoms with E-state index in [1.54, 1.807) is 91.9 Å². The minimum atomic E-state index is -0.573. The monoisotopic (exact) mass is 657 g/mol. The van der Waals surface area contributed by atoms with Gasteiger partial charge in [-0.05, 0) is 79.2 Å². The van der Waals surface area contributed by atoms with Crippen molar-refractivity contribution in [3.8, 4) is 0 Å². The largest absolute Gasteiger partial charge is 0.325 e. The van der Waals surface area contributed by atoms with Gasteiger partial charge in [0.15, 0.2) is 0 Å². The molecule has 0 aliphatic carbocycles. The fourth-order valence-corrected chi connectivity index (χ4v) is 5.61. The molecule has 0 radical (unpaired) electrons. The van der Waals surface area contributed by atoms with Crippen LogP contribution in [-0.4, -0.2) is 23.0 Å². The number of anilines is 2. The zero-order valence-corrected chi connectivity index (χ0v) is 25.8. The predicted molar refractivity (Wildman–Crippen MR) is 174 cm³/mol. The second-order valence-electron chi connectivity index (χ2n) is 8.93. The third kappa shape index (κ3) is 9.02. The zero-order chi connectivity index (χ0) is 30.2. The van der Waals surface area contributed by atoms with Gasteiger partial charge in [-0.25, -0.2) is 0 Å². The van der Waals surface area contributed by atoms with E-state index in [2.05, 4.69) is 16.0 Å². The third-order valence-electron chi connectivity index (χ3n) is 5.70. The second-order valence-corrected chi connectivity index (χ2v) is 12.1. The first kappa shape index (κ1) is 31.5. The molecule has 0 fully saturated rings. The van der Waals surface area contributed by atoms with Crippen molar-refractivity contribution < 1.29 is 14.4 Å². The lowest BCUT2D eigenvalue weighted by atomic mass is 10.1. The summed E-state index contributed by atoms with van der Waals surface area (Å²) in [5.74, 6) is -1.29. The second kappa shape index (κ2) is 14.6. The number of thioether (sulfide) groups is 1. The molecule has 0 aliphatic rings. The molecule has 214 valence electrons. The normalized spacial score (nSPS) is 11.9. The van der Waals surface area contributed by atoms with Gasteiger partial charge in [-0.1, -0.05) is 76.7 Å². The number of amides is 3. The van der Waals surface area contributed by atoms with E-state index in [0.717, 1.165) is 4.90 Å². The smallest absolute Gasteiger partial charge is 0.272 e. The van der Waals surface area contributed by atoms with E-state index in [0.29, 0.717) is 42.6 Å². The number of rotatable bonds is 9. The highest BCUT2D eigenvalue weighted by Crippen LogP contribution is 2.29. The van der Waals surface area contributed by atoms with Crippen molar-refractivity contribution in [3.05, 3.63) is 128 Å². The molecule has 1 unspecified atom stereocenters. The van der Waals surface area contributed by atoms with E-state index in [1.807, 2.05) is 6.07 Å². The van der Waals surface area contributed by atoms with Crippen LogP contribution in [0.2, 0.25) is 20.1 Å². The van der Waals surface area contributed by atoms with Crippen molar-refractivity contribution in [2.75, 3.05) is 10.6 Å². The summed E-state index contributed by atoms with van der Waals surface area (Å²) in [7, 11) is 0. The number of hydrogen-bond acceptors (Lipinski definition) is 4. The fourth-order valence-electron chi connectivity index (χ4n) is 3.69. The summed E-state index contributed by atoms with van der Waals surface area (Å²) in [5, 5.41) is 9.38. The molecule has 0 aliphatic heterocycles. The van der Waals surface area contributed by atoms with Gasteiger partial charge < -0.3 is 16.0 Å². The molecule has 0 saturated carbocycles. The Morgan fingerprint density at radius 1 is 0.738 bits per heavy atom. The number of benzene rings is 4. The van der Waals surface area contributed by atoms with Crippen LogP contribution in [0.15, 0.2) is 102 Å². The fraction of sp³-hybridized carbons (Fsp3) is 0.0645. The molecule has 6 nitrogen and oxygen atoms in total. The van der Waals surface area contributed by atoms with Gasteiger partial charge in [-0.2, -0.15) is 0 Å². The van der Waals surface area contributed by atoms with Crippen LogP contribution in [0.3, 0.4) is 0 Å². The van der Waals surface area contributed by atoms with Crippen molar-refractivity contribution in [2.45, 2.75) is 17.1 Å². The summed E-state index contributed by atoms with van der Waals surface area (Å²) in [6.07, 6.45) is 1.47. The molecular weight excluding hydrogens is 636 g/mol. The topological polar surface area (TPSA) is 87.3 Å². The van der Waals surface area contributed by atoms with Gasteiger partial charge >= 0.3 is 0 Å². The van der Waals surface area contributed by atoms with Crippen molar-refractivity contribution in [3.63, 3.8) is 0 Å². The van der Waals surface area contributed by atoms with Crippen molar-refractivity contribution in [1.29, 1.82) is 0 Å². The number of hydrogen-bond donors (Lipinski definition) is 3. The Hall–Kier alpha value is -3.46. The lowest BCUT2D eigenvalue weighted by Gasteiger charge is -2.14. The van der Waals surface area contributed by atoms with E-state index in [4.69, 9.17) is 46.4 Å². The summed E-state index contributed by atoms with van der Waals surface area (Å²) in [6.45, 7) is 1.76. The third-order valence-corrected chi connectivity index (χ3v) is 7.79. The summed E-state index contributed by atoms with van der Waals surface area (Å²) >= 11 is 25.7. The average molecular weight is 659 g/mol. The molecule has 4 aromatic carbocycles. The lowest BCUT2D eigenvalue weighted by Crippen LogP contribution is -2.30. The van der Waals surface area contributed by atoms with Crippen molar-refractivity contribution in [2.24, 2.45) is 0 Å². The van der Waals surface area contributed by atoms with Gasteiger partial charge in [0.05, 0.1) is 5.25 Å². The molecule has 0 bridgehead atoms. The van der Waals surface area contributed by atoms with Crippen LogP contribution in [0.25, 0.3) is 6.08 Å². The standard InChI is InChI=1S/C31H23Cl4N3O3S/c1-18(29(39)37-25-14-22(33)13-23(34)15-25)42-26-9-5-8-24(17-26)36-31(41)28(12-20-10-11-21(32)16-27(20)35)38-30(40)19-6-3-2-4-7-19/h2-18H,1H3,(H,36,41)(H,37,39)(H,38,40)/b28-12+. The molecule has 1 atom stereocenters. The highest BCUT2D eigenvalue weighted by atomic mass is 35.5. The van der Waals surface area contributed by atoms with E-state index in [1.165, 1.54) is 17.8 Å². The van der Waals surface area contributed by atoms with Crippen molar-refractivity contribution >= 4 is 93.3 Å². The molecule has 3 amide bonds. The van der Waals surface area contributed by atoms with E-state index < -0.39 is 17.1 Å². The molecule has 11 heteroatoms. The maximum atomic E-state index is 13.4. The molecule has 4 rings (SSSR count). The lowest BCUT2D eigenvalue weighted by molar-refractivity contribution is -0.115. The summed E-state index contributed by atoms with van der Waals surface area (Å²) < 4.78 is 0. The van der Waals surface area contributed by atoms with Crippen LogP contribution in [-0.2, 0) is 9.59 Å². The highest BCUT2D eigenvalue weighted by Gasteiger charge is 2.18. The van der Waals surface area contributed by atoms with Gasteiger partial charge in [0, 0.05) is 41.9 Å². The Morgan fingerprint density at radius 2 is 1.45 bits per heavy atom. The Kier molecular flexibility index (Phi) is 11.0. The Balaban J connectivity index is 1.50. The SMILES string of the molecule is CC(Sc1cccc(NC(=O)/C(=C\c2ccc(Cl)cc2Cl)NC(=O)c2ccccc2)c1)C(=O)Nc1cc(Cl)cc(Cl)c1. The van der Waals surface area contributed by atoms with Crippen LogP contribution >= 0.6 is 58.2 Å². The summed E-state index contributed by atoms with van der Waals surface area (Å²) in [6, 6.07) is 25.1. The van der Waals surface area contributed by atoms with Gasteiger partial charge in [0.1, 0.15) is 5.70 Å². The van der Waals surface area contributed by atoms with Gasteiger partial charge in [-0.3, -0.25) is 14.4 Å². The molecule has 42 heavy (non-hydrogen) atoms. The minimum Gasteiger partial charge on any atom is -0.325 e. The minimum absolute atomic E-state index is 0.0286. The first-order valence-corrected chi connectivity index (χ1v) is 14.8. The molecular formula is C31H23Cl4N3O3S. The summed E-state index contributed by atoms with van der Waals surface area (Å²) in [5.41, 5.74) is 1.79. The summed E-state index contributed by atoms with van der Waals surface area (Å²) in [4.78, 5) is 39.8. The molecule has 0 saturated heterocycles. The van der Waals surface area contributed by atoms with Crippen LogP contribution in [0.1, 0.15) is 22.8 Å². The Bertz CT molecular complexity index is 1640. The zero-order valence-electron chi connectivity index (χ0n) is 22.0. The molecule has 0 heterocycles. The first-order valence-electron chi connectivity index (χ1n) is 12.5. The highest BCUT2D eigenvalue weighted by molar-refractivity contribution is 8.00. The van der Waals surface area contributed by atoms with Crippen LogP contribution < -0.4 is 16.0 Å². The average Bonchev–Trinajstić information content (AvgIpc) is 2.94. The Labute approximate surface area is 267 Å². The quantitative estimate of drug-likeness (QED) is 0.124. The maximum absolute atomic E-state index is 13.4. The van der Waals surface area contributed by atoms with Gasteiger partial charge in [0.25, 0.3) is 11.8 Å². The van der Waals surface area contributed by atoms with Crippen LogP contribution in [0.5, 0.6) is 0 Å². The number of carbonyl (C=O) groups is 3. The molecule has 0 aromatic heterocycles. The Morgan fingerprint density at radius 3 is 2.14 bits per heavy atom.